The monoisotopic (exact) mass is 337 g/mol. The maximum absolute atomic E-state index is 11.6. The van der Waals surface area contributed by atoms with Gasteiger partial charge >= 0.3 is 5.91 Å². The molecule has 3 aromatic rings. The van der Waals surface area contributed by atoms with Crippen LogP contribution >= 0.6 is 11.3 Å². The van der Waals surface area contributed by atoms with E-state index in [1.165, 1.54) is 16.7 Å². The highest BCUT2D eigenvalue weighted by atomic mass is 32.1. The van der Waals surface area contributed by atoms with Crippen LogP contribution in [0, 0.1) is 11.8 Å². The Labute approximate surface area is 143 Å². The van der Waals surface area contributed by atoms with Crippen molar-refractivity contribution in [3.63, 3.8) is 0 Å². The van der Waals surface area contributed by atoms with Gasteiger partial charge < -0.3 is 15.7 Å². The molecule has 0 aliphatic heterocycles. The third kappa shape index (κ3) is 4.10. The predicted octanol–water partition coefficient (Wildman–Crippen LogP) is 3.36. The molecule has 0 aliphatic rings. The maximum atomic E-state index is 11.6. The first-order valence-corrected chi connectivity index (χ1v) is 8.18. The van der Waals surface area contributed by atoms with E-state index in [2.05, 4.69) is 45.7 Å². The van der Waals surface area contributed by atoms with Gasteiger partial charge in [-0.2, -0.15) is 0 Å². The summed E-state index contributed by atoms with van der Waals surface area (Å²) in [6.07, 6.45) is 1.87. The van der Waals surface area contributed by atoms with Crippen LogP contribution in [0.15, 0.2) is 48.7 Å². The molecule has 2 aromatic carbocycles. The first kappa shape index (κ1) is 16.0. The van der Waals surface area contributed by atoms with Crippen molar-refractivity contribution < 1.29 is 9.90 Å². The molecule has 0 saturated carbocycles. The Hall–Kier alpha value is -2.88. The van der Waals surface area contributed by atoms with Crippen LogP contribution in [0.4, 0.5) is 15.8 Å². The largest absolute Gasteiger partial charge is 0.395 e. The molecule has 3 N–H and O–H groups in total. The molecule has 0 aliphatic carbocycles. The van der Waals surface area contributed by atoms with Gasteiger partial charge in [0.2, 0.25) is 0 Å². The molecule has 0 unspecified atom stereocenters. The third-order valence-electron chi connectivity index (χ3n) is 3.18. The van der Waals surface area contributed by atoms with E-state index >= 15 is 0 Å². The molecular formula is C18H15N3O2S. The minimum absolute atomic E-state index is 0.0549. The van der Waals surface area contributed by atoms with Gasteiger partial charge in [0.25, 0.3) is 0 Å². The Morgan fingerprint density at radius 2 is 2.04 bits per heavy atom. The van der Waals surface area contributed by atoms with Crippen molar-refractivity contribution in [2.24, 2.45) is 0 Å². The Morgan fingerprint density at radius 1 is 1.21 bits per heavy atom. The van der Waals surface area contributed by atoms with Gasteiger partial charge in [-0.25, -0.2) is 4.98 Å². The summed E-state index contributed by atoms with van der Waals surface area (Å²) < 4.78 is 0. The zero-order chi connectivity index (χ0) is 16.8. The summed E-state index contributed by atoms with van der Waals surface area (Å²) in [5.74, 6) is 4.57. The molecule has 0 bridgehead atoms. The fourth-order valence-electron chi connectivity index (χ4n) is 2.12. The molecule has 0 spiro atoms. The topological polar surface area (TPSA) is 74.2 Å². The second-order valence-corrected chi connectivity index (χ2v) is 5.98. The quantitative estimate of drug-likeness (QED) is 0.638. The molecule has 24 heavy (non-hydrogen) atoms. The molecular weight excluding hydrogens is 322 g/mol. The zero-order valence-corrected chi connectivity index (χ0v) is 13.6. The van der Waals surface area contributed by atoms with Crippen molar-refractivity contribution in [2.45, 2.75) is 6.42 Å². The van der Waals surface area contributed by atoms with Gasteiger partial charge in [-0.1, -0.05) is 47.6 Å². The van der Waals surface area contributed by atoms with E-state index in [9.17, 15) is 4.79 Å². The number of rotatable bonds is 4. The van der Waals surface area contributed by atoms with Crippen LogP contribution in [0.25, 0.3) is 10.8 Å². The van der Waals surface area contributed by atoms with Crippen LogP contribution in [0.2, 0.25) is 0 Å². The number of nitrogens with one attached hydrogen (secondary N) is 2. The van der Waals surface area contributed by atoms with Crippen molar-refractivity contribution in [1.82, 2.24) is 4.98 Å². The number of hydrogen-bond donors (Lipinski definition) is 3. The first-order valence-electron chi connectivity index (χ1n) is 7.37. The smallest absolute Gasteiger partial charge is 0.300 e. The number of carbonyl (C=O) groups is 1. The molecule has 6 heteroatoms. The Morgan fingerprint density at radius 3 is 2.88 bits per heavy atom. The summed E-state index contributed by atoms with van der Waals surface area (Å²) in [5, 5.41) is 18.1. The second kappa shape index (κ2) is 7.59. The van der Waals surface area contributed by atoms with E-state index < -0.39 is 5.91 Å². The summed E-state index contributed by atoms with van der Waals surface area (Å²) in [4.78, 5) is 15.8. The van der Waals surface area contributed by atoms with Crippen molar-refractivity contribution in [3.8, 4) is 11.8 Å². The molecule has 0 fully saturated rings. The molecule has 1 heterocycles. The molecule has 120 valence electrons. The summed E-state index contributed by atoms with van der Waals surface area (Å²) in [5.41, 5.74) is 0.934. The van der Waals surface area contributed by atoms with Crippen LogP contribution < -0.4 is 10.6 Å². The lowest BCUT2D eigenvalue weighted by atomic mass is 10.1. The maximum Gasteiger partial charge on any atom is 0.300 e. The Kier molecular flexibility index (Phi) is 5.06. The van der Waals surface area contributed by atoms with E-state index in [1.54, 1.807) is 6.20 Å². The van der Waals surface area contributed by atoms with Crippen LogP contribution in [0.1, 0.15) is 6.42 Å². The van der Waals surface area contributed by atoms with Gasteiger partial charge in [-0.05, 0) is 28.8 Å². The highest BCUT2D eigenvalue weighted by molar-refractivity contribution is 7.19. The summed E-state index contributed by atoms with van der Waals surface area (Å²) >= 11 is 1.33. The van der Waals surface area contributed by atoms with Gasteiger partial charge in [0.05, 0.1) is 12.8 Å². The van der Waals surface area contributed by atoms with Gasteiger partial charge in [0.15, 0.2) is 5.13 Å². The Bertz CT molecular complexity index is 924. The number of nitrogens with zero attached hydrogens (tertiary/aromatic N) is 1. The lowest BCUT2D eigenvalue weighted by Gasteiger charge is -2.04. The highest BCUT2D eigenvalue weighted by Gasteiger charge is 2.05. The number of anilines is 3. The minimum Gasteiger partial charge on any atom is -0.395 e. The van der Waals surface area contributed by atoms with Crippen LogP contribution in [0.5, 0.6) is 0 Å². The Balaban J connectivity index is 1.67. The number of amides is 1. The SMILES string of the molecule is O=C(C#CCCO)Nc1cnc(Nc2ccc3ccccc3c2)s1. The van der Waals surface area contributed by atoms with E-state index in [1.807, 2.05) is 24.3 Å². The third-order valence-corrected chi connectivity index (χ3v) is 4.01. The normalized spacial score (nSPS) is 10.0. The fraction of sp³-hybridized carbons (Fsp3) is 0.111. The second-order valence-electron chi connectivity index (χ2n) is 4.95. The minimum atomic E-state index is -0.413. The molecule has 0 saturated heterocycles. The fourth-order valence-corrected chi connectivity index (χ4v) is 2.85. The molecule has 1 aromatic heterocycles. The standard InChI is InChI=1S/C18H15N3O2S/c22-10-4-3-7-16(23)21-17-12-19-18(24-17)20-15-9-8-13-5-1-2-6-14(13)11-15/h1-2,5-6,8-9,11-12,22H,4,10H2,(H,19,20)(H,21,23). The van der Waals surface area contributed by atoms with Crippen LogP contribution in [0.3, 0.4) is 0 Å². The van der Waals surface area contributed by atoms with Crippen molar-refractivity contribution in [3.05, 3.63) is 48.7 Å². The number of fused-ring (bicyclic) bond motifs is 1. The zero-order valence-electron chi connectivity index (χ0n) is 12.7. The van der Waals surface area contributed by atoms with E-state index in [-0.39, 0.29) is 13.0 Å². The van der Waals surface area contributed by atoms with Crippen molar-refractivity contribution in [1.29, 1.82) is 0 Å². The number of aliphatic hydroxyl groups excluding tert-OH is 1. The number of carbonyl (C=O) groups excluding carboxylic acids is 1. The molecule has 3 rings (SSSR count). The van der Waals surface area contributed by atoms with E-state index in [4.69, 9.17) is 5.11 Å². The lowest BCUT2D eigenvalue weighted by molar-refractivity contribution is -0.111. The number of thiazole rings is 1. The van der Waals surface area contributed by atoms with E-state index in [0.29, 0.717) is 10.1 Å². The van der Waals surface area contributed by atoms with Crippen molar-refractivity contribution >= 4 is 43.8 Å². The van der Waals surface area contributed by atoms with Gasteiger partial charge in [-0.15, -0.1) is 0 Å². The number of benzene rings is 2. The first-order chi connectivity index (χ1) is 11.7. The van der Waals surface area contributed by atoms with Gasteiger partial charge in [-0.3, -0.25) is 4.79 Å². The van der Waals surface area contributed by atoms with Gasteiger partial charge in [0.1, 0.15) is 5.00 Å². The molecule has 5 nitrogen and oxygen atoms in total. The number of aliphatic hydroxyl groups is 1. The summed E-state index contributed by atoms with van der Waals surface area (Å²) in [6.45, 7) is -0.0549. The molecule has 0 radical (unpaired) electrons. The van der Waals surface area contributed by atoms with Gasteiger partial charge in [0, 0.05) is 12.1 Å². The summed E-state index contributed by atoms with van der Waals surface area (Å²) in [7, 11) is 0. The molecule has 1 amide bonds. The average Bonchev–Trinajstić information content (AvgIpc) is 3.02. The number of aromatic nitrogens is 1. The molecule has 0 atom stereocenters. The van der Waals surface area contributed by atoms with Crippen LogP contribution in [-0.4, -0.2) is 22.6 Å². The predicted molar refractivity (Wildman–Crippen MR) is 97.5 cm³/mol. The van der Waals surface area contributed by atoms with Crippen molar-refractivity contribution in [2.75, 3.05) is 17.2 Å². The average molecular weight is 337 g/mol. The lowest BCUT2D eigenvalue weighted by Crippen LogP contribution is -2.06. The van der Waals surface area contributed by atoms with Crippen LogP contribution in [-0.2, 0) is 4.79 Å². The summed E-state index contributed by atoms with van der Waals surface area (Å²) in [6, 6.07) is 14.2. The van der Waals surface area contributed by atoms with E-state index in [0.717, 1.165) is 11.1 Å². The number of hydrogen-bond acceptors (Lipinski definition) is 5. The highest BCUT2D eigenvalue weighted by Crippen LogP contribution is 2.27.